The lowest BCUT2D eigenvalue weighted by Gasteiger charge is -2.31. The van der Waals surface area contributed by atoms with Crippen molar-refractivity contribution < 1.29 is 29.5 Å². The van der Waals surface area contributed by atoms with Gasteiger partial charge in [0.2, 0.25) is 11.8 Å². The summed E-state index contributed by atoms with van der Waals surface area (Å²) in [6.07, 6.45) is -0.217. The standard InChI is InChI=1S/C27H22BrN3O7/c28-17-8-11-20(32)19(12-17)23-21-22(25(34)30(24(21)33)14-16-4-2-1-3-5-16)27(29-23,26(35)36)13-15-6-9-18(10-7-15)31(37)38/h1-12,21-23,29,32H,13-14H2,(H,35,36). The summed E-state index contributed by atoms with van der Waals surface area (Å²) in [6, 6.07) is 17.9. The van der Waals surface area contributed by atoms with Crippen molar-refractivity contribution in [2.45, 2.75) is 24.5 Å². The Morgan fingerprint density at radius 3 is 2.34 bits per heavy atom. The number of phenolic OH excluding ortho intramolecular Hbond substituents is 1. The van der Waals surface area contributed by atoms with Crippen LogP contribution in [0.4, 0.5) is 5.69 Å². The Morgan fingerprint density at radius 2 is 1.71 bits per heavy atom. The quantitative estimate of drug-likeness (QED) is 0.218. The van der Waals surface area contributed by atoms with E-state index in [9.17, 15) is 34.7 Å². The Morgan fingerprint density at radius 1 is 1.03 bits per heavy atom. The van der Waals surface area contributed by atoms with E-state index < -0.39 is 46.1 Å². The summed E-state index contributed by atoms with van der Waals surface area (Å²) < 4.78 is 0.602. The number of nitrogens with zero attached hydrogens (tertiary/aromatic N) is 2. The molecule has 2 aliphatic heterocycles. The molecule has 3 aromatic carbocycles. The van der Waals surface area contributed by atoms with Gasteiger partial charge in [0.1, 0.15) is 11.3 Å². The van der Waals surface area contributed by atoms with Crippen molar-refractivity contribution in [1.82, 2.24) is 10.2 Å². The van der Waals surface area contributed by atoms with Gasteiger partial charge in [-0.2, -0.15) is 0 Å². The zero-order valence-corrected chi connectivity index (χ0v) is 21.4. The third kappa shape index (κ3) is 4.23. The average Bonchev–Trinajstić information content (AvgIpc) is 3.36. The van der Waals surface area contributed by atoms with E-state index in [2.05, 4.69) is 21.2 Å². The molecule has 0 aromatic heterocycles. The third-order valence-corrected chi connectivity index (χ3v) is 7.76. The van der Waals surface area contributed by atoms with Crippen LogP contribution in [0.25, 0.3) is 0 Å². The molecule has 194 valence electrons. The second-order valence-corrected chi connectivity index (χ2v) is 10.4. The maximum absolute atomic E-state index is 13.8. The Balaban J connectivity index is 1.61. The number of carbonyl (C=O) groups is 3. The predicted molar refractivity (Wildman–Crippen MR) is 138 cm³/mol. The number of carboxylic acids is 1. The minimum atomic E-state index is -1.92. The molecule has 0 radical (unpaired) electrons. The molecule has 0 aliphatic carbocycles. The lowest BCUT2D eigenvalue weighted by Crippen LogP contribution is -2.57. The van der Waals surface area contributed by atoms with Crippen LogP contribution in [0.15, 0.2) is 77.3 Å². The first-order valence-electron chi connectivity index (χ1n) is 11.7. The van der Waals surface area contributed by atoms with E-state index in [1.807, 2.05) is 6.07 Å². The molecule has 38 heavy (non-hydrogen) atoms. The molecular weight excluding hydrogens is 558 g/mol. The first-order chi connectivity index (χ1) is 18.1. The molecular formula is C27H22BrN3O7. The molecule has 0 saturated carbocycles. The van der Waals surface area contributed by atoms with E-state index in [0.29, 0.717) is 15.6 Å². The zero-order chi connectivity index (χ0) is 27.2. The summed E-state index contributed by atoms with van der Waals surface area (Å²) >= 11 is 3.36. The van der Waals surface area contributed by atoms with E-state index in [1.165, 1.54) is 30.3 Å². The monoisotopic (exact) mass is 579 g/mol. The summed E-state index contributed by atoms with van der Waals surface area (Å²) in [5, 5.41) is 35.4. The second kappa shape index (κ2) is 9.66. The number of carbonyl (C=O) groups excluding carboxylic acids is 2. The Hall–Kier alpha value is -4.09. The predicted octanol–water partition coefficient (Wildman–Crippen LogP) is 3.57. The molecule has 0 bridgehead atoms. The average molecular weight is 580 g/mol. The van der Waals surface area contributed by atoms with Crippen molar-refractivity contribution in [2.24, 2.45) is 11.8 Å². The van der Waals surface area contributed by atoms with Crippen molar-refractivity contribution in [3.05, 3.63) is 104 Å². The molecule has 2 saturated heterocycles. The number of imide groups is 1. The highest BCUT2D eigenvalue weighted by molar-refractivity contribution is 9.10. The Bertz CT molecular complexity index is 1450. The van der Waals surface area contributed by atoms with E-state index in [0.717, 1.165) is 4.90 Å². The van der Waals surface area contributed by atoms with Crippen LogP contribution in [-0.2, 0) is 27.3 Å². The maximum atomic E-state index is 13.8. The smallest absolute Gasteiger partial charge is 0.325 e. The number of carboxylic acid groups (broad SMARTS) is 1. The Labute approximate surface area is 225 Å². The summed E-state index contributed by atoms with van der Waals surface area (Å²) in [5.74, 6) is -5.03. The summed E-state index contributed by atoms with van der Waals surface area (Å²) in [4.78, 5) is 52.2. The normalized spacial score (nSPS) is 24.4. The third-order valence-electron chi connectivity index (χ3n) is 7.27. The Kier molecular flexibility index (Phi) is 6.49. The van der Waals surface area contributed by atoms with Gasteiger partial charge in [-0.15, -0.1) is 0 Å². The van der Waals surface area contributed by atoms with Gasteiger partial charge in [-0.05, 0) is 29.3 Å². The molecule has 3 N–H and O–H groups in total. The number of aliphatic carboxylic acids is 1. The molecule has 2 amide bonds. The van der Waals surface area contributed by atoms with Crippen LogP contribution in [0.2, 0.25) is 0 Å². The molecule has 11 heteroatoms. The number of hydrogen-bond donors (Lipinski definition) is 3. The number of fused-ring (bicyclic) bond motifs is 1. The van der Waals surface area contributed by atoms with Gasteiger partial charge >= 0.3 is 5.97 Å². The SMILES string of the molecule is O=C1C2C(c3cc(Br)ccc3O)NC(Cc3ccc([N+](=O)[O-])cc3)(C(=O)O)C2C(=O)N1Cc1ccccc1. The van der Waals surface area contributed by atoms with Gasteiger partial charge in [0.15, 0.2) is 0 Å². The molecule has 2 fully saturated rings. The van der Waals surface area contributed by atoms with Gasteiger partial charge in [-0.1, -0.05) is 58.4 Å². The fourth-order valence-corrected chi connectivity index (χ4v) is 5.90. The van der Waals surface area contributed by atoms with E-state index in [1.54, 1.807) is 36.4 Å². The van der Waals surface area contributed by atoms with Crippen LogP contribution in [-0.4, -0.2) is 43.4 Å². The minimum absolute atomic E-state index is 0.0179. The van der Waals surface area contributed by atoms with E-state index >= 15 is 0 Å². The highest BCUT2D eigenvalue weighted by Gasteiger charge is 2.68. The minimum Gasteiger partial charge on any atom is -0.508 e. The van der Waals surface area contributed by atoms with Crippen LogP contribution in [0, 0.1) is 22.0 Å². The van der Waals surface area contributed by atoms with Crippen LogP contribution in [0.3, 0.4) is 0 Å². The first kappa shape index (κ1) is 25.6. The zero-order valence-electron chi connectivity index (χ0n) is 19.8. The van der Waals surface area contributed by atoms with Crippen molar-refractivity contribution in [1.29, 1.82) is 0 Å². The maximum Gasteiger partial charge on any atom is 0.325 e. The van der Waals surface area contributed by atoms with Crippen molar-refractivity contribution in [2.75, 3.05) is 0 Å². The summed E-state index contributed by atoms with van der Waals surface area (Å²) in [7, 11) is 0. The summed E-state index contributed by atoms with van der Waals surface area (Å²) in [5.41, 5.74) is -0.652. The summed E-state index contributed by atoms with van der Waals surface area (Å²) in [6.45, 7) is -0.0179. The van der Waals surface area contributed by atoms with Gasteiger partial charge in [0.05, 0.1) is 23.3 Å². The lowest BCUT2D eigenvalue weighted by molar-refractivity contribution is -0.384. The van der Waals surface area contributed by atoms with E-state index in [4.69, 9.17) is 0 Å². The fourth-order valence-electron chi connectivity index (χ4n) is 5.52. The molecule has 4 atom stereocenters. The number of rotatable bonds is 7. The topological polar surface area (TPSA) is 150 Å². The molecule has 10 nitrogen and oxygen atoms in total. The van der Waals surface area contributed by atoms with Crippen molar-refractivity contribution >= 4 is 39.4 Å². The van der Waals surface area contributed by atoms with Crippen molar-refractivity contribution in [3.8, 4) is 5.75 Å². The van der Waals surface area contributed by atoms with Gasteiger partial charge < -0.3 is 10.2 Å². The highest BCUT2D eigenvalue weighted by Crippen LogP contribution is 2.52. The van der Waals surface area contributed by atoms with Gasteiger partial charge in [-0.3, -0.25) is 34.7 Å². The van der Waals surface area contributed by atoms with Gasteiger partial charge in [-0.25, -0.2) is 0 Å². The lowest BCUT2D eigenvalue weighted by atomic mass is 9.76. The van der Waals surface area contributed by atoms with Crippen LogP contribution < -0.4 is 5.32 Å². The number of hydrogen-bond acceptors (Lipinski definition) is 7. The number of nitrogens with one attached hydrogen (secondary N) is 1. The van der Waals surface area contributed by atoms with Crippen LogP contribution in [0.1, 0.15) is 22.7 Å². The number of likely N-dealkylation sites (tertiary alicyclic amines) is 1. The molecule has 2 heterocycles. The van der Waals surface area contributed by atoms with Crippen molar-refractivity contribution in [3.63, 3.8) is 0 Å². The van der Waals surface area contributed by atoms with Gasteiger partial charge in [0.25, 0.3) is 5.69 Å². The molecule has 0 spiro atoms. The molecule has 3 aromatic rings. The number of halogens is 1. The number of phenols is 1. The number of nitro groups is 1. The van der Waals surface area contributed by atoms with Crippen LogP contribution in [0.5, 0.6) is 5.75 Å². The second-order valence-electron chi connectivity index (χ2n) is 9.45. The molecule has 4 unspecified atom stereocenters. The number of non-ortho nitro benzene ring substituents is 1. The number of nitro benzene ring substituents is 1. The largest absolute Gasteiger partial charge is 0.508 e. The number of amides is 2. The number of aromatic hydroxyl groups is 1. The fraction of sp³-hybridized carbons (Fsp3) is 0.222. The van der Waals surface area contributed by atoms with E-state index in [-0.39, 0.29) is 30.0 Å². The highest BCUT2D eigenvalue weighted by atomic mass is 79.9. The first-order valence-corrected chi connectivity index (χ1v) is 12.5. The molecule has 2 aliphatic rings. The number of benzene rings is 3. The molecule has 5 rings (SSSR count). The van der Waals surface area contributed by atoms with Crippen LogP contribution >= 0.6 is 15.9 Å². The van der Waals surface area contributed by atoms with Gasteiger partial charge in [0, 0.05) is 34.6 Å².